The van der Waals surface area contributed by atoms with Crippen LogP contribution in [0.5, 0.6) is 11.5 Å². The molecule has 4 heterocycles. The summed E-state index contributed by atoms with van der Waals surface area (Å²) in [6, 6.07) is -0.0905. The lowest BCUT2D eigenvalue weighted by Gasteiger charge is -2.38. The number of aliphatic hydroxyl groups is 3. The molecule has 3 aromatic rings. The van der Waals surface area contributed by atoms with Crippen molar-refractivity contribution in [2.75, 3.05) is 25.5 Å². The molecule has 3 aliphatic heterocycles. The van der Waals surface area contributed by atoms with Gasteiger partial charge in [-0.15, -0.1) is 0 Å². The topological polar surface area (TPSA) is 210 Å². The van der Waals surface area contributed by atoms with Gasteiger partial charge in [-0.25, -0.2) is 4.98 Å². The highest BCUT2D eigenvalue weighted by molar-refractivity contribution is 6.18. The van der Waals surface area contributed by atoms with Crippen LogP contribution in [0.3, 0.4) is 0 Å². The summed E-state index contributed by atoms with van der Waals surface area (Å²) >= 11 is 0. The number of carbonyl (C=O) groups is 2. The molecule has 2 aromatic carbocycles. The minimum absolute atomic E-state index is 0.00209. The largest absolute Gasteiger partial charge is 0.505 e. The Balaban J connectivity index is 1.46. The molecule has 0 spiro atoms. The van der Waals surface area contributed by atoms with Crippen molar-refractivity contribution < 1.29 is 53.4 Å². The number of likely N-dealkylation sites (tertiary alicyclic amines) is 1. The van der Waals surface area contributed by atoms with Crippen molar-refractivity contribution >= 4 is 57.3 Å². The van der Waals surface area contributed by atoms with E-state index >= 15 is 0 Å². The number of fused-ring (bicyclic) bond motifs is 2. The van der Waals surface area contributed by atoms with E-state index in [1.54, 1.807) is 58.9 Å². The minimum Gasteiger partial charge on any atom is -0.505 e. The smallest absolute Gasteiger partial charge is 0.307 e. The Labute approximate surface area is 372 Å². The van der Waals surface area contributed by atoms with Crippen LogP contribution < -0.4 is 26.1 Å². The van der Waals surface area contributed by atoms with Crippen molar-refractivity contribution in [2.24, 2.45) is 23.7 Å². The number of rotatable bonds is 3. The van der Waals surface area contributed by atoms with E-state index in [-0.39, 0.29) is 55.7 Å². The van der Waals surface area contributed by atoms with Gasteiger partial charge in [-0.05, 0) is 58.0 Å². The average Bonchev–Trinajstić information content (AvgIpc) is 3.41. The summed E-state index contributed by atoms with van der Waals surface area (Å²) in [4.78, 5) is 48.2. The summed E-state index contributed by atoms with van der Waals surface area (Å²) < 4.78 is 30.7. The minimum atomic E-state index is -1.91. The van der Waals surface area contributed by atoms with E-state index in [1.165, 1.54) is 34.1 Å². The second-order valence-corrected chi connectivity index (χ2v) is 18.0. The first kappa shape index (κ1) is 46.5. The summed E-state index contributed by atoms with van der Waals surface area (Å²) in [6.45, 7) is 14.6. The summed E-state index contributed by atoms with van der Waals surface area (Å²) in [5.74, 6) is -6.55. The third kappa shape index (κ3) is 8.58. The van der Waals surface area contributed by atoms with Crippen molar-refractivity contribution in [3.63, 3.8) is 0 Å². The van der Waals surface area contributed by atoms with Gasteiger partial charge in [0.2, 0.25) is 0 Å². The van der Waals surface area contributed by atoms with Crippen molar-refractivity contribution in [2.45, 2.75) is 117 Å². The second kappa shape index (κ2) is 18.6. The number of phenols is 1. The number of aromatic nitrogens is 1. The van der Waals surface area contributed by atoms with Gasteiger partial charge in [-0.3, -0.25) is 19.3 Å². The van der Waals surface area contributed by atoms with E-state index in [0.717, 1.165) is 38.8 Å². The number of nitrogens with one attached hydrogen (secondary N) is 1. The average molecular weight is 884 g/mol. The van der Waals surface area contributed by atoms with Crippen LogP contribution in [-0.4, -0.2) is 98.6 Å². The fraction of sp³-hybridized carbons (Fsp3) is 0.510. The van der Waals surface area contributed by atoms with E-state index < -0.39 is 82.7 Å². The standard InChI is InChI=1S/C49H61N3O12/c1-24-15-14-16-25(2)48(59)51-39-43(57)36-35(38-46(39)63-34-23-31(17-18-32(34)50-38)52-20-12-10-11-13-21-52)37-45(29(6)42(36)56)64-49(8,47(37)58)61-22-19-33(60-9)26(3)44(62-30(7)53)28(5)41(55)27(4)40(24)54/h14-19,22-24,26-28,31,33,40-41,44,54-55,57-58H,10-13,20-21H2,1-9H3,(H,51,59)/b15-14+,22-19+,25-16-/t24-,26-,27-,28-,31?,33+,40+,41-,44-,49+/m1/s1. The van der Waals surface area contributed by atoms with Crippen molar-refractivity contribution in [1.82, 2.24) is 9.88 Å². The van der Waals surface area contributed by atoms with Gasteiger partial charge in [0.15, 0.2) is 27.9 Å². The number of anilines is 1. The fourth-order valence-electron chi connectivity index (χ4n) is 9.50. The number of aliphatic hydroxyl groups excluding tert-OH is 3. The molecule has 1 fully saturated rings. The molecule has 5 N–H and O–H groups in total. The SMILES string of the molecule is CO[C@H]1/C=C/O[C@@]2(C)Oc3c(C)c(=O)c4c(O)c(c5oc6c(nc5c4c3=C2O)C=CC(N2CCCCCC2)C=6)NC(=O)/C(C)=C\C=C\[C@@H](C)[C@H](O)[C@@H](C)[C@@H](O)[C@@H](C)[C@H](OC(C)=O)[C@@H]1C. The van der Waals surface area contributed by atoms with E-state index in [4.69, 9.17) is 28.3 Å². The fourth-order valence-corrected chi connectivity index (χ4v) is 9.50. The molecule has 15 nitrogen and oxygen atoms in total. The zero-order valence-corrected chi connectivity index (χ0v) is 38.0. The lowest BCUT2D eigenvalue weighted by atomic mass is 9.78. The normalized spacial score (nSPS) is 32.4. The van der Waals surface area contributed by atoms with Gasteiger partial charge in [0.25, 0.3) is 5.91 Å². The number of phenolic OH excluding ortho intramolecular Hbond substituents is 1. The number of allylic oxidation sites excluding steroid dienone is 2. The molecule has 15 heteroatoms. The Hall–Kier alpha value is -5.48. The van der Waals surface area contributed by atoms with Crippen molar-refractivity contribution in [1.29, 1.82) is 0 Å². The molecule has 1 saturated heterocycles. The van der Waals surface area contributed by atoms with E-state index in [9.17, 15) is 34.8 Å². The van der Waals surface area contributed by atoms with Gasteiger partial charge in [0, 0.05) is 61.2 Å². The van der Waals surface area contributed by atoms with Crippen LogP contribution in [0.1, 0.15) is 85.4 Å². The molecular formula is C49H61N3O12. The number of carbonyl (C=O) groups excluding carboxylic acids is 2. The molecule has 344 valence electrons. The van der Waals surface area contributed by atoms with E-state index in [1.807, 2.05) is 18.2 Å². The summed E-state index contributed by atoms with van der Waals surface area (Å²) in [6.07, 6.45) is 14.2. The first-order valence-electron chi connectivity index (χ1n) is 22.2. The Morgan fingerprint density at radius 2 is 1.66 bits per heavy atom. The number of benzene rings is 2. The number of hydrogen-bond acceptors (Lipinski definition) is 14. The number of nitrogens with zero attached hydrogens (tertiary/aromatic N) is 2. The lowest BCUT2D eigenvalue weighted by Crippen LogP contribution is -2.46. The Bertz CT molecular complexity index is 2640. The van der Waals surface area contributed by atoms with Crippen molar-refractivity contribution in [3.8, 4) is 11.5 Å². The Morgan fingerprint density at radius 3 is 2.33 bits per heavy atom. The van der Waals surface area contributed by atoms with E-state index in [2.05, 4.69) is 10.2 Å². The van der Waals surface area contributed by atoms with Gasteiger partial charge in [-0.1, -0.05) is 64.8 Å². The molecule has 1 amide bonds. The summed E-state index contributed by atoms with van der Waals surface area (Å²) in [5, 5.41) is 50.0. The van der Waals surface area contributed by atoms with E-state index in [0.29, 0.717) is 11.1 Å². The molecule has 1 aliphatic carbocycles. The molecule has 0 saturated carbocycles. The predicted octanol–water partition coefficient (Wildman–Crippen LogP) is 5.38. The van der Waals surface area contributed by atoms with Gasteiger partial charge < -0.3 is 49.1 Å². The molecule has 0 radical (unpaired) electrons. The first-order chi connectivity index (χ1) is 30.4. The highest BCUT2D eigenvalue weighted by Crippen LogP contribution is 2.42. The monoisotopic (exact) mass is 883 g/mol. The third-order valence-electron chi connectivity index (χ3n) is 13.5. The molecule has 10 atom stereocenters. The maximum absolute atomic E-state index is 14.4. The molecule has 64 heavy (non-hydrogen) atoms. The molecule has 7 rings (SSSR count). The van der Waals surface area contributed by atoms with Crippen LogP contribution in [0.25, 0.3) is 39.8 Å². The maximum atomic E-state index is 14.4. The van der Waals surface area contributed by atoms with Crippen LogP contribution in [0.2, 0.25) is 0 Å². The van der Waals surface area contributed by atoms with Gasteiger partial charge >= 0.3 is 11.8 Å². The van der Waals surface area contributed by atoms with Crippen LogP contribution in [0, 0.1) is 30.6 Å². The summed E-state index contributed by atoms with van der Waals surface area (Å²) in [7, 11) is 1.47. The van der Waals surface area contributed by atoms with Gasteiger partial charge in [0.05, 0.1) is 41.2 Å². The third-order valence-corrected chi connectivity index (χ3v) is 13.5. The zero-order chi connectivity index (χ0) is 46.4. The molecule has 4 bridgehead atoms. The number of hydrogen-bond donors (Lipinski definition) is 5. The molecular weight excluding hydrogens is 823 g/mol. The summed E-state index contributed by atoms with van der Waals surface area (Å²) in [5.41, 5.74) is 0.316. The predicted molar refractivity (Wildman–Crippen MR) is 243 cm³/mol. The van der Waals surface area contributed by atoms with Crippen LogP contribution in [-0.2, 0) is 23.8 Å². The zero-order valence-electron chi connectivity index (χ0n) is 38.0. The quantitative estimate of drug-likeness (QED) is 0.127. The number of methoxy groups -OCH3 is 1. The maximum Gasteiger partial charge on any atom is 0.307 e. The van der Waals surface area contributed by atoms with Crippen LogP contribution in [0.4, 0.5) is 5.69 Å². The van der Waals surface area contributed by atoms with Gasteiger partial charge in [-0.2, -0.15) is 0 Å². The van der Waals surface area contributed by atoms with Crippen LogP contribution in [0.15, 0.2) is 51.4 Å². The molecule has 1 unspecified atom stereocenters. The van der Waals surface area contributed by atoms with Crippen LogP contribution >= 0.6 is 0 Å². The molecule has 4 aliphatic rings. The Morgan fingerprint density at radius 1 is 0.953 bits per heavy atom. The number of ether oxygens (including phenoxy) is 4. The highest BCUT2D eigenvalue weighted by atomic mass is 16.7. The molecule has 1 aromatic heterocycles. The number of amides is 1. The lowest BCUT2D eigenvalue weighted by molar-refractivity contribution is -0.160. The highest BCUT2D eigenvalue weighted by Gasteiger charge is 2.44. The van der Waals surface area contributed by atoms with Crippen molar-refractivity contribution in [3.05, 3.63) is 74.3 Å². The van der Waals surface area contributed by atoms with Gasteiger partial charge in [0.1, 0.15) is 28.8 Å². The number of aromatic hydroxyl groups is 1. The first-order valence-corrected chi connectivity index (χ1v) is 22.2. The Kier molecular flexibility index (Phi) is 13.5. The number of esters is 1. The second-order valence-electron chi connectivity index (χ2n) is 18.0.